The van der Waals surface area contributed by atoms with Crippen molar-refractivity contribution in [2.45, 2.75) is 25.4 Å². The molecule has 0 N–H and O–H groups in total. The third kappa shape index (κ3) is 5.60. The summed E-state index contributed by atoms with van der Waals surface area (Å²) in [6, 6.07) is 20.6. The predicted octanol–water partition coefficient (Wildman–Crippen LogP) is 5.08. The number of hydrogen-bond acceptors (Lipinski definition) is 2. The van der Waals surface area contributed by atoms with Gasteiger partial charge in [-0.15, -0.1) is 0 Å². The largest absolute Gasteiger partial charge is 0.376 e. The molecule has 0 spiro atoms. The average Bonchev–Trinajstić information content (AvgIpc) is 2.59. The molecule has 2 aromatic rings. The maximum atomic E-state index is 8.35. The Morgan fingerprint density at radius 1 is 1.00 bits per heavy atom. The summed E-state index contributed by atoms with van der Waals surface area (Å²) >= 11 is 0. The molecule has 0 aliphatic rings. The van der Waals surface area contributed by atoms with E-state index in [9.17, 15) is 0 Å². The molecule has 0 aliphatic heterocycles. The molecule has 0 saturated carbocycles. The maximum Gasteiger partial charge on any atom is 0.0717 e. The van der Waals surface area contributed by atoms with Crippen molar-refractivity contribution >= 4 is 0 Å². The third-order valence-electron chi connectivity index (χ3n) is 3.58. The van der Waals surface area contributed by atoms with Gasteiger partial charge < -0.3 is 4.74 Å². The lowest BCUT2D eigenvalue weighted by Crippen LogP contribution is -2.09. The summed E-state index contributed by atoms with van der Waals surface area (Å²) in [5.74, 6) is 0.332. The van der Waals surface area contributed by atoms with Gasteiger partial charge >= 0.3 is 0 Å². The Hall–Kier alpha value is -2.29. The van der Waals surface area contributed by atoms with Gasteiger partial charge in [-0.2, -0.15) is 0 Å². The minimum Gasteiger partial charge on any atom is -0.376 e. The van der Waals surface area contributed by atoms with E-state index in [1.807, 2.05) is 36.4 Å². The van der Waals surface area contributed by atoms with Gasteiger partial charge in [-0.05, 0) is 29.5 Å². The number of benzene rings is 2. The summed E-state index contributed by atoms with van der Waals surface area (Å²) in [6.07, 6.45) is 1.83. The van der Waals surface area contributed by atoms with E-state index in [0.717, 1.165) is 12.8 Å². The number of ether oxygens (including phenoxy) is 1. The molecule has 1 unspecified atom stereocenters. The number of hydrogen-bond donors (Lipinski definition) is 0. The second kappa shape index (κ2) is 9.61. The topological polar surface area (TPSA) is 58.0 Å². The highest BCUT2D eigenvalue weighted by Crippen LogP contribution is 2.22. The van der Waals surface area contributed by atoms with Crippen LogP contribution in [0.3, 0.4) is 0 Å². The Bertz CT molecular complexity index is 580. The molecule has 0 bridgehead atoms. The van der Waals surface area contributed by atoms with Crippen LogP contribution in [-0.4, -0.2) is 13.2 Å². The van der Waals surface area contributed by atoms with E-state index < -0.39 is 0 Å². The summed E-state index contributed by atoms with van der Waals surface area (Å²) in [7, 11) is 0. The van der Waals surface area contributed by atoms with Crippen LogP contribution in [0.2, 0.25) is 0 Å². The van der Waals surface area contributed by atoms with Crippen molar-refractivity contribution in [2.75, 3.05) is 13.2 Å². The number of rotatable bonds is 9. The summed E-state index contributed by atoms with van der Waals surface area (Å²) in [4.78, 5) is 2.80. The highest BCUT2D eigenvalue weighted by molar-refractivity contribution is 5.19. The van der Waals surface area contributed by atoms with Crippen LogP contribution in [0.4, 0.5) is 0 Å². The normalized spacial score (nSPS) is 11.6. The van der Waals surface area contributed by atoms with Gasteiger partial charge in [0.05, 0.1) is 13.2 Å². The van der Waals surface area contributed by atoms with Crippen LogP contribution in [-0.2, 0) is 11.3 Å². The fraction of sp³-hybridized carbons (Fsp3) is 0.333. The smallest absolute Gasteiger partial charge is 0.0717 e. The van der Waals surface area contributed by atoms with Crippen LogP contribution in [0.25, 0.3) is 10.4 Å². The molecule has 4 heteroatoms. The second-order valence-corrected chi connectivity index (χ2v) is 5.21. The SMILES string of the molecule is [N-]=[N+]=NCCCC(COCc1ccccc1)c1ccccc1. The summed E-state index contributed by atoms with van der Waals surface area (Å²) < 4.78 is 5.89. The predicted molar refractivity (Wildman–Crippen MR) is 88.5 cm³/mol. The molecule has 0 radical (unpaired) electrons. The van der Waals surface area contributed by atoms with Gasteiger partial charge in [-0.25, -0.2) is 0 Å². The molecule has 22 heavy (non-hydrogen) atoms. The summed E-state index contributed by atoms with van der Waals surface area (Å²) in [6.45, 7) is 1.84. The van der Waals surface area contributed by atoms with Crippen LogP contribution in [0, 0.1) is 0 Å². The van der Waals surface area contributed by atoms with Crippen molar-refractivity contribution < 1.29 is 4.74 Å². The monoisotopic (exact) mass is 295 g/mol. The van der Waals surface area contributed by atoms with Crippen molar-refractivity contribution in [3.05, 3.63) is 82.2 Å². The van der Waals surface area contributed by atoms with E-state index in [-0.39, 0.29) is 0 Å². The van der Waals surface area contributed by atoms with E-state index in [2.05, 4.69) is 34.3 Å². The Balaban J connectivity index is 1.88. The molecule has 0 aromatic heterocycles. The molecule has 2 aromatic carbocycles. The van der Waals surface area contributed by atoms with Gasteiger partial charge in [0.2, 0.25) is 0 Å². The first-order valence-corrected chi connectivity index (χ1v) is 7.57. The highest BCUT2D eigenvalue weighted by Gasteiger charge is 2.11. The van der Waals surface area contributed by atoms with Crippen molar-refractivity contribution in [1.29, 1.82) is 0 Å². The molecular formula is C18H21N3O. The Morgan fingerprint density at radius 3 is 2.36 bits per heavy atom. The zero-order valence-electron chi connectivity index (χ0n) is 12.6. The molecule has 114 valence electrons. The Labute approximate surface area is 131 Å². The first-order chi connectivity index (χ1) is 10.9. The van der Waals surface area contributed by atoms with Gasteiger partial charge in [-0.3, -0.25) is 0 Å². The number of nitrogens with zero attached hydrogens (tertiary/aromatic N) is 3. The van der Waals surface area contributed by atoms with Crippen molar-refractivity contribution in [1.82, 2.24) is 0 Å². The molecule has 0 saturated heterocycles. The van der Waals surface area contributed by atoms with E-state index in [0.29, 0.717) is 25.7 Å². The van der Waals surface area contributed by atoms with Gasteiger partial charge in [-0.1, -0.05) is 65.8 Å². The summed E-state index contributed by atoms with van der Waals surface area (Å²) in [5, 5.41) is 3.61. The first-order valence-electron chi connectivity index (χ1n) is 7.57. The molecule has 0 amide bonds. The fourth-order valence-electron chi connectivity index (χ4n) is 2.42. The minimum absolute atomic E-state index is 0.332. The third-order valence-corrected chi connectivity index (χ3v) is 3.58. The lowest BCUT2D eigenvalue weighted by Gasteiger charge is -2.17. The van der Waals surface area contributed by atoms with Crippen molar-refractivity contribution in [2.24, 2.45) is 5.11 Å². The van der Waals surface area contributed by atoms with Crippen LogP contribution in [0.1, 0.15) is 29.9 Å². The molecule has 0 aliphatic carbocycles. The maximum absolute atomic E-state index is 8.35. The zero-order chi connectivity index (χ0) is 15.5. The van der Waals surface area contributed by atoms with Crippen LogP contribution in [0.15, 0.2) is 65.8 Å². The average molecular weight is 295 g/mol. The van der Waals surface area contributed by atoms with Crippen LogP contribution >= 0.6 is 0 Å². The van der Waals surface area contributed by atoms with Gasteiger partial charge in [0.15, 0.2) is 0 Å². The molecule has 0 fully saturated rings. The Morgan fingerprint density at radius 2 is 1.68 bits per heavy atom. The van der Waals surface area contributed by atoms with Gasteiger partial charge in [0.1, 0.15) is 0 Å². The minimum atomic E-state index is 0.332. The second-order valence-electron chi connectivity index (χ2n) is 5.21. The molecule has 1 atom stereocenters. The van der Waals surface area contributed by atoms with Gasteiger partial charge in [0.25, 0.3) is 0 Å². The first kappa shape index (κ1) is 16.1. The Kier molecular flexibility index (Phi) is 7.03. The van der Waals surface area contributed by atoms with E-state index >= 15 is 0 Å². The molecule has 0 heterocycles. The van der Waals surface area contributed by atoms with Crippen LogP contribution < -0.4 is 0 Å². The van der Waals surface area contributed by atoms with E-state index in [1.54, 1.807) is 0 Å². The zero-order valence-corrected chi connectivity index (χ0v) is 12.6. The fourth-order valence-corrected chi connectivity index (χ4v) is 2.42. The molecule has 4 nitrogen and oxygen atoms in total. The summed E-state index contributed by atoms with van der Waals surface area (Å²) in [5.41, 5.74) is 10.8. The number of azide groups is 1. The molecule has 2 rings (SSSR count). The van der Waals surface area contributed by atoms with Crippen molar-refractivity contribution in [3.63, 3.8) is 0 Å². The molecular weight excluding hydrogens is 274 g/mol. The lowest BCUT2D eigenvalue weighted by molar-refractivity contribution is 0.104. The van der Waals surface area contributed by atoms with E-state index in [4.69, 9.17) is 10.3 Å². The van der Waals surface area contributed by atoms with Gasteiger partial charge in [0, 0.05) is 17.4 Å². The van der Waals surface area contributed by atoms with E-state index in [1.165, 1.54) is 11.1 Å². The van der Waals surface area contributed by atoms with Crippen LogP contribution in [0.5, 0.6) is 0 Å². The standard InChI is InChI=1S/C18H21N3O/c19-21-20-13-7-12-18(17-10-5-2-6-11-17)15-22-14-16-8-3-1-4-9-16/h1-6,8-11,18H,7,12-15H2. The lowest BCUT2D eigenvalue weighted by atomic mass is 9.95. The quantitative estimate of drug-likeness (QED) is 0.275. The van der Waals surface area contributed by atoms with Crippen molar-refractivity contribution in [3.8, 4) is 0 Å². The highest BCUT2D eigenvalue weighted by atomic mass is 16.5.